The third-order valence-electron chi connectivity index (χ3n) is 3.08. The zero-order chi connectivity index (χ0) is 13.0. The van der Waals surface area contributed by atoms with Crippen LogP contribution < -0.4 is 16.0 Å². The number of nitrogens with one attached hydrogen (secondary N) is 1. The average Bonchev–Trinajstić information content (AvgIpc) is 3.22. The molecule has 0 bridgehead atoms. The number of nitrogen functional groups attached to an aromatic ring is 1. The molecule has 0 aromatic carbocycles. The molecule has 1 aromatic heterocycles. The van der Waals surface area contributed by atoms with Crippen molar-refractivity contribution in [1.82, 2.24) is 14.9 Å². The Balaban J connectivity index is 1.87. The van der Waals surface area contributed by atoms with E-state index in [9.17, 15) is 0 Å². The second-order valence-corrected chi connectivity index (χ2v) is 4.57. The highest BCUT2D eigenvalue weighted by molar-refractivity contribution is 5.36. The molecule has 1 saturated carbocycles. The third kappa shape index (κ3) is 3.54. The summed E-state index contributed by atoms with van der Waals surface area (Å²) in [5.74, 6) is 7.27. The number of hydrogen-bond acceptors (Lipinski definition) is 6. The van der Waals surface area contributed by atoms with Gasteiger partial charge in [0.25, 0.3) is 0 Å². The zero-order valence-corrected chi connectivity index (χ0v) is 11.0. The molecule has 1 heterocycles. The van der Waals surface area contributed by atoms with Crippen LogP contribution in [0.1, 0.15) is 25.6 Å². The van der Waals surface area contributed by atoms with Gasteiger partial charge in [-0.2, -0.15) is 4.98 Å². The summed E-state index contributed by atoms with van der Waals surface area (Å²) in [5, 5.41) is 0. The predicted octanol–water partition coefficient (Wildman–Crippen LogP) is 0.798. The van der Waals surface area contributed by atoms with Gasteiger partial charge in [0.2, 0.25) is 5.88 Å². The maximum atomic E-state index is 5.65. The van der Waals surface area contributed by atoms with Crippen LogP contribution in [0.15, 0.2) is 6.07 Å². The van der Waals surface area contributed by atoms with Crippen LogP contribution in [0.25, 0.3) is 0 Å². The number of aromatic nitrogens is 2. The number of rotatable bonds is 7. The summed E-state index contributed by atoms with van der Waals surface area (Å²) in [6, 6.07) is 2.47. The minimum atomic E-state index is 0.582. The van der Waals surface area contributed by atoms with Crippen LogP contribution in [0.3, 0.4) is 0 Å². The lowest BCUT2D eigenvalue weighted by Gasteiger charge is -2.15. The van der Waals surface area contributed by atoms with E-state index in [2.05, 4.69) is 27.3 Å². The maximum absolute atomic E-state index is 5.65. The van der Waals surface area contributed by atoms with Gasteiger partial charge in [0.15, 0.2) is 0 Å². The Hall–Kier alpha value is -1.40. The number of hydrazine groups is 1. The minimum absolute atomic E-state index is 0.582. The van der Waals surface area contributed by atoms with E-state index in [1.165, 1.54) is 12.8 Å². The first-order valence-corrected chi connectivity index (χ1v) is 6.40. The molecule has 100 valence electrons. The smallest absolute Gasteiger partial charge is 0.218 e. The molecular weight excluding hydrogens is 230 g/mol. The summed E-state index contributed by atoms with van der Waals surface area (Å²) in [6.07, 6.45) is 3.38. The normalized spacial score (nSPS) is 14.9. The number of ether oxygens (including phenoxy) is 1. The predicted molar refractivity (Wildman–Crippen MR) is 70.4 cm³/mol. The molecule has 0 saturated heterocycles. The maximum Gasteiger partial charge on any atom is 0.218 e. The van der Waals surface area contributed by atoms with E-state index in [0.29, 0.717) is 18.3 Å². The minimum Gasteiger partial charge on any atom is -0.476 e. The van der Waals surface area contributed by atoms with E-state index < -0.39 is 0 Å². The largest absolute Gasteiger partial charge is 0.476 e. The number of aryl methyl sites for hydroxylation is 1. The molecule has 0 spiro atoms. The molecule has 0 amide bonds. The van der Waals surface area contributed by atoms with Gasteiger partial charge in [-0.1, -0.05) is 6.92 Å². The molecule has 2 rings (SSSR count). The molecule has 6 heteroatoms. The third-order valence-corrected chi connectivity index (χ3v) is 3.08. The van der Waals surface area contributed by atoms with Crippen LogP contribution in [0.4, 0.5) is 5.82 Å². The van der Waals surface area contributed by atoms with Crippen molar-refractivity contribution in [2.45, 2.75) is 32.2 Å². The molecule has 6 nitrogen and oxygen atoms in total. The SMILES string of the molecule is CCc1nc(NN)cc(OCCN(C)C2CC2)n1. The lowest BCUT2D eigenvalue weighted by Crippen LogP contribution is -2.26. The molecule has 1 aliphatic rings. The van der Waals surface area contributed by atoms with Gasteiger partial charge in [-0.25, -0.2) is 10.8 Å². The quantitative estimate of drug-likeness (QED) is 0.551. The first-order valence-electron chi connectivity index (χ1n) is 6.40. The highest BCUT2D eigenvalue weighted by atomic mass is 16.5. The van der Waals surface area contributed by atoms with E-state index in [0.717, 1.165) is 24.8 Å². The van der Waals surface area contributed by atoms with Gasteiger partial charge in [-0.05, 0) is 19.9 Å². The van der Waals surface area contributed by atoms with Gasteiger partial charge in [0.1, 0.15) is 18.2 Å². The lowest BCUT2D eigenvalue weighted by molar-refractivity contribution is 0.226. The molecular formula is C12H21N5O. The van der Waals surface area contributed by atoms with Crippen molar-refractivity contribution < 1.29 is 4.74 Å². The second kappa shape index (κ2) is 5.97. The average molecular weight is 251 g/mol. The lowest BCUT2D eigenvalue weighted by atomic mass is 10.4. The van der Waals surface area contributed by atoms with Crippen LogP contribution in [0, 0.1) is 0 Å². The number of anilines is 1. The van der Waals surface area contributed by atoms with Gasteiger partial charge in [0.05, 0.1) is 0 Å². The second-order valence-electron chi connectivity index (χ2n) is 4.57. The van der Waals surface area contributed by atoms with Crippen molar-refractivity contribution in [3.8, 4) is 5.88 Å². The van der Waals surface area contributed by atoms with Crippen molar-refractivity contribution in [1.29, 1.82) is 0 Å². The van der Waals surface area contributed by atoms with E-state index in [1.807, 2.05) is 6.92 Å². The van der Waals surface area contributed by atoms with Gasteiger partial charge < -0.3 is 15.1 Å². The molecule has 0 atom stereocenters. The Morgan fingerprint density at radius 3 is 2.89 bits per heavy atom. The molecule has 0 unspecified atom stereocenters. The summed E-state index contributed by atoms with van der Waals surface area (Å²) in [4.78, 5) is 10.8. The van der Waals surface area contributed by atoms with Crippen molar-refractivity contribution in [2.24, 2.45) is 5.84 Å². The summed E-state index contributed by atoms with van der Waals surface area (Å²) < 4.78 is 5.65. The van der Waals surface area contributed by atoms with Crippen molar-refractivity contribution in [3.63, 3.8) is 0 Å². The fourth-order valence-electron chi connectivity index (χ4n) is 1.77. The molecule has 1 fully saturated rings. The molecule has 0 aliphatic heterocycles. The van der Waals surface area contributed by atoms with Crippen molar-refractivity contribution in [2.75, 3.05) is 25.6 Å². The summed E-state index contributed by atoms with van der Waals surface area (Å²) >= 11 is 0. The topological polar surface area (TPSA) is 76.3 Å². The van der Waals surface area contributed by atoms with Gasteiger partial charge in [-0.15, -0.1) is 0 Å². The Bertz CT molecular complexity index is 372. The monoisotopic (exact) mass is 251 g/mol. The van der Waals surface area contributed by atoms with Gasteiger partial charge in [0, 0.05) is 25.1 Å². The number of likely N-dealkylation sites (N-methyl/N-ethyl adjacent to an activating group) is 1. The van der Waals surface area contributed by atoms with E-state index in [-0.39, 0.29) is 0 Å². The Labute approximate surface area is 108 Å². The molecule has 18 heavy (non-hydrogen) atoms. The standard InChI is InChI=1S/C12H21N5O/c1-3-10-14-11(16-13)8-12(15-10)18-7-6-17(2)9-4-5-9/h8-9H,3-7,13H2,1-2H3,(H,14,15,16). The van der Waals surface area contributed by atoms with Gasteiger partial charge in [-0.3, -0.25) is 0 Å². The molecule has 3 N–H and O–H groups in total. The van der Waals surface area contributed by atoms with Crippen LogP contribution in [-0.2, 0) is 6.42 Å². The summed E-state index contributed by atoms with van der Waals surface area (Å²) in [5.41, 5.74) is 2.53. The summed E-state index contributed by atoms with van der Waals surface area (Å²) in [6.45, 7) is 3.55. The fraction of sp³-hybridized carbons (Fsp3) is 0.667. The van der Waals surface area contributed by atoms with Crippen molar-refractivity contribution in [3.05, 3.63) is 11.9 Å². The van der Waals surface area contributed by atoms with E-state index in [4.69, 9.17) is 10.6 Å². The Kier molecular flexibility index (Phi) is 4.33. The first-order chi connectivity index (χ1) is 8.72. The Morgan fingerprint density at radius 2 is 2.28 bits per heavy atom. The van der Waals surface area contributed by atoms with Crippen LogP contribution >= 0.6 is 0 Å². The first kappa shape index (κ1) is 13.0. The summed E-state index contributed by atoms with van der Waals surface area (Å²) in [7, 11) is 2.13. The zero-order valence-electron chi connectivity index (χ0n) is 11.0. The fourth-order valence-corrected chi connectivity index (χ4v) is 1.77. The Morgan fingerprint density at radius 1 is 1.50 bits per heavy atom. The van der Waals surface area contributed by atoms with Crippen molar-refractivity contribution >= 4 is 5.82 Å². The van der Waals surface area contributed by atoms with Gasteiger partial charge >= 0.3 is 0 Å². The molecule has 0 radical (unpaired) electrons. The van der Waals surface area contributed by atoms with E-state index in [1.54, 1.807) is 6.07 Å². The molecule has 1 aliphatic carbocycles. The van der Waals surface area contributed by atoms with E-state index >= 15 is 0 Å². The number of nitrogens with two attached hydrogens (primary N) is 1. The van der Waals surface area contributed by atoms with Crippen LogP contribution in [0.5, 0.6) is 5.88 Å². The number of nitrogens with zero attached hydrogens (tertiary/aromatic N) is 3. The highest BCUT2D eigenvalue weighted by Gasteiger charge is 2.25. The highest BCUT2D eigenvalue weighted by Crippen LogP contribution is 2.24. The van der Waals surface area contributed by atoms with Crippen LogP contribution in [-0.4, -0.2) is 41.1 Å². The number of hydrogen-bond donors (Lipinski definition) is 2. The molecule has 1 aromatic rings. The van der Waals surface area contributed by atoms with Crippen LogP contribution in [0.2, 0.25) is 0 Å².